The zero-order chi connectivity index (χ0) is 14.4. The van der Waals surface area contributed by atoms with E-state index < -0.39 is 0 Å². The highest BCUT2D eigenvalue weighted by Gasteiger charge is 2.26. The van der Waals surface area contributed by atoms with Crippen LogP contribution in [0.25, 0.3) is 0 Å². The van der Waals surface area contributed by atoms with E-state index in [4.69, 9.17) is 0 Å². The van der Waals surface area contributed by atoms with Gasteiger partial charge in [0.1, 0.15) is 0 Å². The van der Waals surface area contributed by atoms with Gasteiger partial charge in [-0.2, -0.15) is 0 Å². The number of hydrogen-bond donors (Lipinski definition) is 1. The van der Waals surface area contributed by atoms with Gasteiger partial charge in [-0.15, -0.1) is 0 Å². The first kappa shape index (κ1) is 16.3. The van der Waals surface area contributed by atoms with E-state index in [1.807, 2.05) is 0 Å². The van der Waals surface area contributed by atoms with Gasteiger partial charge in [-0.05, 0) is 71.4 Å². The summed E-state index contributed by atoms with van der Waals surface area (Å²) in [7, 11) is 0. The van der Waals surface area contributed by atoms with Gasteiger partial charge in [0.15, 0.2) is 0 Å². The summed E-state index contributed by atoms with van der Waals surface area (Å²) in [5.41, 5.74) is 0. The summed E-state index contributed by atoms with van der Waals surface area (Å²) in [6, 6.07) is 2.27. The Hall–Kier alpha value is -0.0800. The largest absolute Gasteiger partial charge is 0.311 e. The third-order valence-corrected chi connectivity index (χ3v) is 5.60. The molecule has 0 aromatic carbocycles. The molecule has 0 bridgehead atoms. The summed E-state index contributed by atoms with van der Waals surface area (Å²) in [6.45, 7) is 9.64. The zero-order valence-electron chi connectivity index (χ0n) is 14.0. The fraction of sp³-hybridized carbons (Fsp3) is 1.00. The molecular weight excluding hydrogens is 244 g/mol. The smallest absolute Gasteiger partial charge is 0.00952 e. The summed E-state index contributed by atoms with van der Waals surface area (Å²) >= 11 is 0. The van der Waals surface area contributed by atoms with Crippen molar-refractivity contribution in [2.24, 2.45) is 5.92 Å². The molecule has 0 spiro atoms. The van der Waals surface area contributed by atoms with Crippen molar-refractivity contribution in [1.82, 2.24) is 10.2 Å². The molecule has 1 N–H and O–H groups in total. The summed E-state index contributed by atoms with van der Waals surface area (Å²) in [4.78, 5) is 2.66. The molecule has 2 atom stereocenters. The van der Waals surface area contributed by atoms with E-state index in [0.29, 0.717) is 6.04 Å². The number of nitrogens with zero attached hydrogens (tertiary/aromatic N) is 1. The summed E-state index contributed by atoms with van der Waals surface area (Å²) in [5.74, 6) is 0.957. The molecule has 1 saturated carbocycles. The van der Waals surface area contributed by atoms with E-state index in [1.165, 1.54) is 70.9 Å². The lowest BCUT2D eigenvalue weighted by Gasteiger charge is -2.33. The lowest BCUT2D eigenvalue weighted by molar-refractivity contribution is 0.219. The third kappa shape index (κ3) is 4.73. The molecule has 0 aromatic rings. The average molecular weight is 280 g/mol. The molecule has 0 radical (unpaired) electrons. The van der Waals surface area contributed by atoms with Crippen LogP contribution in [0.15, 0.2) is 0 Å². The van der Waals surface area contributed by atoms with Crippen LogP contribution in [0.4, 0.5) is 0 Å². The fourth-order valence-electron chi connectivity index (χ4n) is 4.23. The quantitative estimate of drug-likeness (QED) is 0.812. The van der Waals surface area contributed by atoms with E-state index in [1.54, 1.807) is 0 Å². The van der Waals surface area contributed by atoms with Crippen LogP contribution in [-0.2, 0) is 0 Å². The van der Waals surface area contributed by atoms with Crippen molar-refractivity contribution in [2.75, 3.05) is 13.1 Å². The van der Waals surface area contributed by atoms with E-state index in [2.05, 4.69) is 31.0 Å². The first-order valence-electron chi connectivity index (χ1n) is 9.20. The molecule has 2 unspecified atom stereocenters. The third-order valence-electron chi connectivity index (χ3n) is 5.60. The molecule has 2 nitrogen and oxygen atoms in total. The van der Waals surface area contributed by atoms with E-state index in [9.17, 15) is 0 Å². The van der Waals surface area contributed by atoms with Gasteiger partial charge >= 0.3 is 0 Å². The normalized spacial score (nSPS) is 28.5. The van der Waals surface area contributed by atoms with Gasteiger partial charge < -0.3 is 10.2 Å². The molecule has 1 aliphatic heterocycles. The number of likely N-dealkylation sites (tertiary alicyclic amines) is 1. The fourth-order valence-corrected chi connectivity index (χ4v) is 4.23. The van der Waals surface area contributed by atoms with Gasteiger partial charge in [0.25, 0.3) is 0 Å². The maximum atomic E-state index is 4.05. The molecule has 0 aromatic heterocycles. The summed E-state index contributed by atoms with van der Waals surface area (Å²) in [5, 5.41) is 4.05. The molecule has 2 fully saturated rings. The van der Waals surface area contributed by atoms with Crippen molar-refractivity contribution >= 4 is 0 Å². The van der Waals surface area contributed by atoms with Crippen molar-refractivity contribution in [3.63, 3.8) is 0 Å². The Morgan fingerprint density at radius 1 is 0.950 bits per heavy atom. The van der Waals surface area contributed by atoms with Crippen LogP contribution in [-0.4, -0.2) is 36.1 Å². The molecule has 2 rings (SSSR count). The van der Waals surface area contributed by atoms with Crippen LogP contribution in [0.2, 0.25) is 0 Å². The zero-order valence-corrected chi connectivity index (χ0v) is 14.0. The van der Waals surface area contributed by atoms with E-state index in [-0.39, 0.29) is 0 Å². The SMILES string of the molecule is CCC(NC1CCCN(C(C)C)CC1)C1CCCCC1. The van der Waals surface area contributed by atoms with Crippen molar-refractivity contribution in [2.45, 2.75) is 96.7 Å². The molecule has 2 aliphatic rings. The van der Waals surface area contributed by atoms with Crippen LogP contribution >= 0.6 is 0 Å². The van der Waals surface area contributed by atoms with Crippen molar-refractivity contribution in [3.8, 4) is 0 Å². The van der Waals surface area contributed by atoms with Crippen LogP contribution in [0.3, 0.4) is 0 Å². The van der Waals surface area contributed by atoms with Crippen molar-refractivity contribution in [1.29, 1.82) is 0 Å². The van der Waals surface area contributed by atoms with Gasteiger partial charge in [0.2, 0.25) is 0 Å². The second-order valence-corrected chi connectivity index (χ2v) is 7.34. The van der Waals surface area contributed by atoms with Crippen LogP contribution in [0.1, 0.15) is 78.6 Å². The van der Waals surface area contributed by atoms with Gasteiger partial charge in [-0.25, -0.2) is 0 Å². The lowest BCUT2D eigenvalue weighted by Crippen LogP contribution is -2.43. The van der Waals surface area contributed by atoms with E-state index >= 15 is 0 Å². The van der Waals surface area contributed by atoms with Crippen LogP contribution in [0.5, 0.6) is 0 Å². The Morgan fingerprint density at radius 3 is 2.35 bits per heavy atom. The molecule has 2 heteroatoms. The second-order valence-electron chi connectivity index (χ2n) is 7.34. The Bertz CT molecular complexity index is 258. The molecule has 1 heterocycles. The number of rotatable bonds is 5. The minimum atomic E-state index is 0.717. The van der Waals surface area contributed by atoms with Gasteiger partial charge in [-0.1, -0.05) is 26.2 Å². The lowest BCUT2D eigenvalue weighted by atomic mass is 9.82. The first-order valence-corrected chi connectivity index (χ1v) is 9.20. The highest BCUT2D eigenvalue weighted by molar-refractivity contribution is 4.84. The average Bonchev–Trinajstić information content (AvgIpc) is 2.71. The standard InChI is InChI=1S/C18H36N2/c1-4-18(16-9-6-5-7-10-16)19-17-11-8-13-20(14-12-17)15(2)3/h15-19H,4-14H2,1-3H3. The van der Waals surface area contributed by atoms with Crippen LogP contribution < -0.4 is 5.32 Å². The van der Waals surface area contributed by atoms with Crippen molar-refractivity contribution < 1.29 is 0 Å². The highest BCUT2D eigenvalue weighted by Crippen LogP contribution is 2.28. The summed E-state index contributed by atoms with van der Waals surface area (Å²) < 4.78 is 0. The second kappa shape index (κ2) is 8.38. The monoisotopic (exact) mass is 280 g/mol. The molecule has 0 amide bonds. The number of hydrogen-bond acceptors (Lipinski definition) is 2. The molecule has 1 saturated heterocycles. The van der Waals surface area contributed by atoms with Gasteiger partial charge in [0.05, 0.1) is 0 Å². The molecule has 118 valence electrons. The Morgan fingerprint density at radius 2 is 1.70 bits per heavy atom. The highest BCUT2D eigenvalue weighted by atomic mass is 15.2. The molecule has 20 heavy (non-hydrogen) atoms. The molecule has 1 aliphatic carbocycles. The van der Waals surface area contributed by atoms with Crippen molar-refractivity contribution in [3.05, 3.63) is 0 Å². The van der Waals surface area contributed by atoms with Gasteiger partial charge in [0, 0.05) is 18.1 Å². The predicted octanol–water partition coefficient (Wildman–Crippen LogP) is 4.20. The molecular formula is C18H36N2. The topological polar surface area (TPSA) is 15.3 Å². The predicted molar refractivity (Wildman–Crippen MR) is 88.1 cm³/mol. The number of nitrogens with one attached hydrogen (secondary N) is 1. The Kier molecular flexibility index (Phi) is 6.83. The Balaban J connectivity index is 1.81. The van der Waals surface area contributed by atoms with E-state index in [0.717, 1.165) is 18.0 Å². The maximum Gasteiger partial charge on any atom is 0.00952 e. The van der Waals surface area contributed by atoms with Crippen LogP contribution in [0, 0.1) is 5.92 Å². The minimum absolute atomic E-state index is 0.717. The first-order chi connectivity index (χ1) is 9.70. The minimum Gasteiger partial charge on any atom is -0.311 e. The summed E-state index contributed by atoms with van der Waals surface area (Å²) in [6.07, 6.45) is 12.8. The Labute approximate surface area is 126 Å². The van der Waals surface area contributed by atoms with Gasteiger partial charge in [-0.3, -0.25) is 0 Å². The maximum absolute atomic E-state index is 4.05.